The van der Waals surface area contributed by atoms with Crippen LogP contribution in [-0.4, -0.2) is 67.6 Å². The molecule has 4 rings (SSSR count). The molecule has 228 valence electrons. The summed E-state index contributed by atoms with van der Waals surface area (Å²) in [7, 11) is -1.63. The number of carbonyl (C=O) groups excluding carboxylic acids is 1. The SMILES string of the molecule is CC(C)(C)[S@](=O)N[C@]1(C)COc2c1cc([C@](O)(CNC(=O)c1cc(OCCO)c3ncccc3c1)C(F)(F)F)nc2Cl. The first-order valence-electron chi connectivity index (χ1n) is 12.7. The Bertz CT molecular complexity index is 1540. The molecule has 1 amide bonds. The van der Waals surface area contributed by atoms with Gasteiger partial charge in [-0.1, -0.05) is 17.7 Å². The summed E-state index contributed by atoms with van der Waals surface area (Å²) in [6.07, 6.45) is -3.80. The van der Waals surface area contributed by atoms with E-state index in [2.05, 4.69) is 20.0 Å². The first-order valence-corrected chi connectivity index (χ1v) is 14.3. The lowest BCUT2D eigenvalue weighted by Gasteiger charge is -2.32. The molecule has 10 nitrogen and oxygen atoms in total. The maximum atomic E-state index is 14.5. The number of ether oxygens (including phenoxy) is 2. The molecule has 0 spiro atoms. The van der Waals surface area contributed by atoms with Crippen LogP contribution in [0.1, 0.15) is 49.3 Å². The number of hydrogen-bond donors (Lipinski definition) is 4. The first kappa shape index (κ1) is 31.9. The highest BCUT2D eigenvalue weighted by Crippen LogP contribution is 2.46. The van der Waals surface area contributed by atoms with E-state index in [4.69, 9.17) is 26.2 Å². The molecule has 3 heterocycles. The van der Waals surface area contributed by atoms with Gasteiger partial charge in [0.1, 0.15) is 24.5 Å². The molecular weight excluding hydrogens is 601 g/mol. The number of rotatable bonds is 9. The molecule has 0 saturated heterocycles. The van der Waals surface area contributed by atoms with E-state index in [1.54, 1.807) is 39.8 Å². The fraction of sp³-hybridized carbons (Fsp3) is 0.444. The van der Waals surface area contributed by atoms with Crippen molar-refractivity contribution < 1.29 is 41.9 Å². The van der Waals surface area contributed by atoms with Crippen LogP contribution >= 0.6 is 11.6 Å². The Morgan fingerprint density at radius 2 is 1.98 bits per heavy atom. The molecule has 15 heteroatoms. The van der Waals surface area contributed by atoms with Crippen molar-refractivity contribution in [1.29, 1.82) is 0 Å². The predicted octanol–water partition coefficient (Wildman–Crippen LogP) is 3.49. The van der Waals surface area contributed by atoms with Crippen LogP contribution in [0.4, 0.5) is 13.2 Å². The number of pyridine rings is 2. The molecule has 4 N–H and O–H groups in total. The zero-order valence-corrected chi connectivity index (χ0v) is 24.7. The van der Waals surface area contributed by atoms with Crippen LogP contribution in [0.15, 0.2) is 36.5 Å². The molecule has 0 bridgehead atoms. The summed E-state index contributed by atoms with van der Waals surface area (Å²) in [5.41, 5.74) is -5.33. The van der Waals surface area contributed by atoms with Crippen molar-refractivity contribution in [2.45, 2.75) is 49.8 Å². The van der Waals surface area contributed by atoms with Gasteiger partial charge >= 0.3 is 6.18 Å². The van der Waals surface area contributed by atoms with Crippen LogP contribution in [0, 0.1) is 0 Å². The zero-order chi connectivity index (χ0) is 31.1. The minimum Gasteiger partial charge on any atom is -0.489 e. The topological polar surface area (TPSA) is 143 Å². The fourth-order valence-electron chi connectivity index (χ4n) is 4.20. The van der Waals surface area contributed by atoms with Gasteiger partial charge in [0.25, 0.3) is 5.91 Å². The second-order valence-corrected chi connectivity index (χ2v) is 13.3. The molecule has 0 aliphatic carbocycles. The van der Waals surface area contributed by atoms with Gasteiger partial charge in [-0.05, 0) is 52.0 Å². The van der Waals surface area contributed by atoms with Crippen molar-refractivity contribution in [3.8, 4) is 11.5 Å². The average Bonchev–Trinajstić information content (AvgIpc) is 3.25. The maximum absolute atomic E-state index is 14.5. The molecule has 0 fully saturated rings. The Labute approximate surface area is 247 Å². The van der Waals surface area contributed by atoms with Crippen LogP contribution in [0.2, 0.25) is 5.15 Å². The maximum Gasteiger partial charge on any atom is 0.424 e. The number of nitrogens with one attached hydrogen (secondary N) is 2. The summed E-state index contributed by atoms with van der Waals surface area (Å²) in [5.74, 6) is -0.806. The second kappa shape index (κ2) is 11.6. The van der Waals surface area contributed by atoms with Crippen molar-refractivity contribution in [3.05, 3.63) is 58.5 Å². The van der Waals surface area contributed by atoms with E-state index in [1.165, 1.54) is 18.3 Å². The molecule has 0 saturated carbocycles. The molecule has 1 aromatic carbocycles. The first-order chi connectivity index (χ1) is 19.5. The van der Waals surface area contributed by atoms with Gasteiger partial charge in [0.2, 0.25) is 5.60 Å². The molecule has 1 aliphatic heterocycles. The molecule has 0 radical (unpaired) electrons. The Hall–Kier alpha value is -3.04. The Kier molecular flexibility index (Phi) is 8.78. The number of fused-ring (bicyclic) bond motifs is 2. The van der Waals surface area contributed by atoms with Gasteiger partial charge in [0.05, 0.1) is 40.1 Å². The summed E-state index contributed by atoms with van der Waals surface area (Å²) in [4.78, 5) is 21.0. The number of halogens is 4. The molecule has 42 heavy (non-hydrogen) atoms. The summed E-state index contributed by atoms with van der Waals surface area (Å²) in [6.45, 7) is 4.92. The number of benzene rings is 1. The number of alkyl halides is 3. The van der Waals surface area contributed by atoms with Crippen LogP contribution in [0.3, 0.4) is 0 Å². The summed E-state index contributed by atoms with van der Waals surface area (Å²) in [5, 5.41) is 22.3. The minimum absolute atomic E-state index is 0.00457. The highest BCUT2D eigenvalue weighted by molar-refractivity contribution is 7.84. The van der Waals surface area contributed by atoms with Gasteiger partial charge in [-0.15, -0.1) is 0 Å². The quantitative estimate of drug-likeness (QED) is 0.263. The monoisotopic (exact) mass is 630 g/mol. The van der Waals surface area contributed by atoms with Crippen molar-refractivity contribution >= 4 is 39.4 Å². The number of aromatic nitrogens is 2. The van der Waals surface area contributed by atoms with Gasteiger partial charge in [0.15, 0.2) is 10.9 Å². The molecule has 3 aromatic rings. The van der Waals surface area contributed by atoms with Gasteiger partial charge < -0.3 is 25.0 Å². The second-order valence-electron chi connectivity index (χ2n) is 10.9. The standard InChI is InChI=1S/C27H30ClF3N4O6S/c1-24(2,3)42(39)35-25(4)14-41-21-17(25)12-19(34-22(21)28)26(38,27(29,30)31)13-33-23(37)16-10-15-6-5-7-32-20(15)18(11-16)40-9-8-36/h5-7,10-12,35-36,38H,8-9,13-14H2,1-4H3,(H,33,37)/t25-,26-,42+/m1/s1. The van der Waals surface area contributed by atoms with E-state index < -0.39 is 56.3 Å². The Morgan fingerprint density at radius 3 is 2.62 bits per heavy atom. The largest absolute Gasteiger partial charge is 0.489 e. The van der Waals surface area contributed by atoms with Crippen LogP contribution in [-0.2, 0) is 22.1 Å². The number of amides is 1. The van der Waals surface area contributed by atoms with Crippen LogP contribution in [0.25, 0.3) is 10.9 Å². The summed E-state index contributed by atoms with van der Waals surface area (Å²) >= 11 is 6.21. The number of aliphatic hydroxyl groups is 2. The van der Waals surface area contributed by atoms with Gasteiger partial charge in [0, 0.05) is 22.7 Å². The minimum atomic E-state index is -5.30. The van der Waals surface area contributed by atoms with E-state index >= 15 is 0 Å². The molecule has 1 aliphatic rings. The smallest absolute Gasteiger partial charge is 0.424 e. The van der Waals surface area contributed by atoms with Gasteiger partial charge in [-0.2, -0.15) is 13.2 Å². The lowest BCUT2D eigenvalue weighted by Crippen LogP contribution is -2.52. The highest BCUT2D eigenvalue weighted by Gasteiger charge is 2.57. The van der Waals surface area contributed by atoms with Crippen molar-refractivity contribution in [2.24, 2.45) is 0 Å². The van der Waals surface area contributed by atoms with Crippen molar-refractivity contribution in [3.63, 3.8) is 0 Å². The molecule has 2 aromatic heterocycles. The van der Waals surface area contributed by atoms with E-state index in [1.807, 2.05) is 0 Å². The number of hydrogen-bond acceptors (Lipinski definition) is 8. The molecule has 3 atom stereocenters. The lowest BCUT2D eigenvalue weighted by atomic mass is 9.91. The van der Waals surface area contributed by atoms with E-state index in [0.29, 0.717) is 10.9 Å². The third-order valence-electron chi connectivity index (χ3n) is 6.58. The predicted molar refractivity (Wildman–Crippen MR) is 150 cm³/mol. The average molecular weight is 631 g/mol. The highest BCUT2D eigenvalue weighted by atomic mass is 35.5. The molecular formula is C27H30ClF3N4O6S. The van der Waals surface area contributed by atoms with E-state index in [9.17, 15) is 27.3 Å². The number of carbonyl (C=O) groups is 1. The zero-order valence-electron chi connectivity index (χ0n) is 23.1. The van der Waals surface area contributed by atoms with Crippen molar-refractivity contribution in [2.75, 3.05) is 26.4 Å². The van der Waals surface area contributed by atoms with Crippen LogP contribution < -0.4 is 19.5 Å². The number of nitrogens with zero attached hydrogens (tertiary/aromatic N) is 2. The van der Waals surface area contributed by atoms with Gasteiger partial charge in [-0.25, -0.2) is 13.9 Å². The van der Waals surface area contributed by atoms with E-state index in [0.717, 1.165) is 6.07 Å². The Balaban J connectivity index is 1.68. The lowest BCUT2D eigenvalue weighted by molar-refractivity contribution is -0.265. The third-order valence-corrected chi connectivity index (χ3v) is 8.59. The summed E-state index contributed by atoms with van der Waals surface area (Å²) < 4.78 is 69.5. The third kappa shape index (κ3) is 6.18. The van der Waals surface area contributed by atoms with Crippen molar-refractivity contribution in [1.82, 2.24) is 20.0 Å². The van der Waals surface area contributed by atoms with Crippen LogP contribution in [0.5, 0.6) is 11.5 Å². The molecule has 0 unspecified atom stereocenters. The Morgan fingerprint density at radius 1 is 1.26 bits per heavy atom. The van der Waals surface area contributed by atoms with Gasteiger partial charge in [-0.3, -0.25) is 9.78 Å². The van der Waals surface area contributed by atoms with E-state index in [-0.39, 0.29) is 42.4 Å². The fourth-order valence-corrected chi connectivity index (χ4v) is 5.33. The normalized spacial score (nSPS) is 19.1. The number of aliphatic hydroxyl groups excluding tert-OH is 1. The summed E-state index contributed by atoms with van der Waals surface area (Å²) in [6, 6.07) is 6.91.